The van der Waals surface area contributed by atoms with E-state index < -0.39 is 35.8 Å². The van der Waals surface area contributed by atoms with Gasteiger partial charge in [-0.25, -0.2) is 9.18 Å². The first-order valence-corrected chi connectivity index (χ1v) is 7.99. The van der Waals surface area contributed by atoms with E-state index in [1.165, 1.54) is 19.2 Å². The summed E-state index contributed by atoms with van der Waals surface area (Å²) in [4.78, 5) is 37.2. The fourth-order valence-corrected chi connectivity index (χ4v) is 2.69. The monoisotopic (exact) mass is 352 g/mol. The fourth-order valence-electron chi connectivity index (χ4n) is 2.69. The molecule has 1 heterocycles. The number of imide groups is 1. The molecule has 0 aromatic heterocycles. The Morgan fingerprint density at radius 1 is 1.28 bits per heavy atom. The number of amides is 3. The summed E-state index contributed by atoms with van der Waals surface area (Å²) in [7, 11) is 1.35. The fraction of sp³-hybridized carbons (Fsp3) is 0.471. The molecule has 25 heavy (non-hydrogen) atoms. The van der Waals surface area contributed by atoms with E-state index in [-0.39, 0.29) is 12.4 Å². The van der Waals surface area contributed by atoms with Gasteiger partial charge in [0, 0.05) is 0 Å². The van der Waals surface area contributed by atoms with Crippen LogP contribution in [0, 0.1) is 5.82 Å². The highest BCUT2D eigenvalue weighted by Gasteiger charge is 2.49. The quantitative estimate of drug-likeness (QED) is 0.599. The Balaban J connectivity index is 1.95. The molecule has 0 aliphatic carbocycles. The number of rotatable bonds is 7. The van der Waals surface area contributed by atoms with Gasteiger partial charge in [-0.1, -0.05) is 19.9 Å². The molecule has 0 spiro atoms. The Morgan fingerprint density at radius 3 is 2.48 bits per heavy atom. The summed E-state index contributed by atoms with van der Waals surface area (Å²) >= 11 is 0. The minimum absolute atomic E-state index is 0.0879. The molecule has 1 N–H and O–H groups in total. The maximum absolute atomic E-state index is 13.6. The predicted octanol–water partition coefficient (Wildman–Crippen LogP) is 1.99. The summed E-state index contributed by atoms with van der Waals surface area (Å²) in [6.07, 6.45) is 0.871. The van der Waals surface area contributed by atoms with E-state index >= 15 is 0 Å². The molecular formula is C17H21FN2O5. The number of nitrogens with one attached hydrogen (secondary N) is 1. The highest BCUT2D eigenvalue weighted by Crippen LogP contribution is 2.24. The average molecular weight is 352 g/mol. The van der Waals surface area contributed by atoms with Crippen molar-refractivity contribution >= 4 is 17.9 Å². The van der Waals surface area contributed by atoms with Crippen LogP contribution in [0.25, 0.3) is 0 Å². The molecule has 0 atom stereocenters. The molecular weight excluding hydrogens is 331 g/mol. The van der Waals surface area contributed by atoms with Crippen molar-refractivity contribution in [1.82, 2.24) is 10.2 Å². The molecule has 0 unspecified atom stereocenters. The Morgan fingerprint density at radius 2 is 1.96 bits per heavy atom. The maximum atomic E-state index is 13.6. The number of hydrogen-bond donors (Lipinski definition) is 1. The molecule has 1 aliphatic rings. The molecule has 7 nitrogen and oxygen atoms in total. The number of benzene rings is 1. The van der Waals surface area contributed by atoms with Crippen molar-refractivity contribution in [2.24, 2.45) is 0 Å². The molecule has 0 bridgehead atoms. The summed E-state index contributed by atoms with van der Waals surface area (Å²) in [5, 5.41) is 2.63. The van der Waals surface area contributed by atoms with Crippen molar-refractivity contribution in [2.75, 3.05) is 13.7 Å². The van der Waals surface area contributed by atoms with Crippen LogP contribution in [0.1, 0.15) is 32.3 Å². The van der Waals surface area contributed by atoms with Crippen LogP contribution in [-0.4, -0.2) is 42.0 Å². The highest BCUT2D eigenvalue weighted by molar-refractivity contribution is 6.08. The SMILES string of the molecule is CCC1(CC)NC(=O)N(CC(=O)OCc2ccc(OC)c(F)c2)C1=O. The van der Waals surface area contributed by atoms with Gasteiger partial charge in [0.1, 0.15) is 18.7 Å². The minimum atomic E-state index is -0.962. The van der Waals surface area contributed by atoms with E-state index in [4.69, 9.17) is 9.47 Å². The molecule has 3 amide bonds. The Labute approximate surface area is 145 Å². The summed E-state index contributed by atoms with van der Waals surface area (Å²) in [5.74, 6) is -1.66. The summed E-state index contributed by atoms with van der Waals surface area (Å²) in [6, 6.07) is 3.56. The van der Waals surface area contributed by atoms with Gasteiger partial charge in [0.2, 0.25) is 0 Å². The smallest absolute Gasteiger partial charge is 0.326 e. The number of hydrogen-bond acceptors (Lipinski definition) is 5. The zero-order chi connectivity index (χ0) is 18.6. The van der Waals surface area contributed by atoms with Crippen molar-refractivity contribution in [3.05, 3.63) is 29.6 Å². The van der Waals surface area contributed by atoms with E-state index in [9.17, 15) is 18.8 Å². The molecule has 1 aromatic rings. The van der Waals surface area contributed by atoms with Crippen LogP contribution in [0.4, 0.5) is 9.18 Å². The number of nitrogens with zero attached hydrogens (tertiary/aromatic N) is 1. The van der Waals surface area contributed by atoms with Gasteiger partial charge in [0.25, 0.3) is 5.91 Å². The molecule has 8 heteroatoms. The van der Waals surface area contributed by atoms with Crippen molar-refractivity contribution in [3.63, 3.8) is 0 Å². The van der Waals surface area contributed by atoms with Crippen LogP contribution in [0.5, 0.6) is 5.75 Å². The lowest BCUT2D eigenvalue weighted by Crippen LogP contribution is -2.46. The number of esters is 1. The standard InChI is InChI=1S/C17H21FN2O5/c1-4-17(5-2)15(22)20(16(23)19-17)9-14(21)25-10-11-6-7-13(24-3)12(18)8-11/h6-8H,4-5,9-10H2,1-3H3,(H,19,23). The Hall–Kier alpha value is -2.64. The number of methoxy groups -OCH3 is 1. The van der Waals surface area contributed by atoms with Crippen LogP contribution in [0.3, 0.4) is 0 Å². The normalized spacial score (nSPS) is 15.9. The topological polar surface area (TPSA) is 84.9 Å². The summed E-state index contributed by atoms with van der Waals surface area (Å²) in [6.45, 7) is 2.94. The van der Waals surface area contributed by atoms with Gasteiger partial charge in [-0.15, -0.1) is 0 Å². The van der Waals surface area contributed by atoms with E-state index in [1.54, 1.807) is 19.9 Å². The molecule has 2 rings (SSSR count). The molecule has 0 radical (unpaired) electrons. The summed E-state index contributed by atoms with van der Waals surface area (Å²) in [5.41, 5.74) is -0.531. The van der Waals surface area contributed by atoms with Crippen molar-refractivity contribution in [2.45, 2.75) is 38.8 Å². The second-order valence-electron chi connectivity index (χ2n) is 5.74. The summed E-state index contributed by atoms with van der Waals surface area (Å²) < 4.78 is 23.4. The maximum Gasteiger partial charge on any atom is 0.326 e. The van der Waals surface area contributed by atoms with Gasteiger partial charge in [-0.3, -0.25) is 14.5 Å². The number of ether oxygens (including phenoxy) is 2. The second kappa shape index (κ2) is 7.50. The van der Waals surface area contributed by atoms with Gasteiger partial charge in [0.15, 0.2) is 11.6 Å². The number of halogens is 1. The van der Waals surface area contributed by atoms with Crippen LogP contribution in [-0.2, 0) is 20.9 Å². The van der Waals surface area contributed by atoms with E-state index in [2.05, 4.69) is 5.32 Å². The lowest BCUT2D eigenvalue weighted by molar-refractivity contribution is -0.148. The van der Waals surface area contributed by atoms with Crippen LogP contribution in [0.2, 0.25) is 0 Å². The van der Waals surface area contributed by atoms with Crippen LogP contribution in [0.15, 0.2) is 18.2 Å². The van der Waals surface area contributed by atoms with Crippen molar-refractivity contribution < 1.29 is 28.2 Å². The van der Waals surface area contributed by atoms with E-state index in [0.29, 0.717) is 18.4 Å². The number of urea groups is 1. The second-order valence-corrected chi connectivity index (χ2v) is 5.74. The lowest BCUT2D eigenvalue weighted by atomic mass is 9.93. The number of carbonyl (C=O) groups excluding carboxylic acids is 3. The first-order chi connectivity index (χ1) is 11.9. The third-order valence-corrected chi connectivity index (χ3v) is 4.36. The zero-order valence-corrected chi connectivity index (χ0v) is 14.4. The number of carbonyl (C=O) groups is 3. The molecule has 1 aromatic carbocycles. The predicted molar refractivity (Wildman–Crippen MR) is 86.3 cm³/mol. The third kappa shape index (κ3) is 3.72. The van der Waals surface area contributed by atoms with Gasteiger partial charge in [-0.05, 0) is 30.5 Å². The Bertz CT molecular complexity index is 688. The van der Waals surface area contributed by atoms with Gasteiger partial charge in [-0.2, -0.15) is 0 Å². The van der Waals surface area contributed by atoms with Crippen LogP contribution < -0.4 is 10.1 Å². The molecule has 1 fully saturated rings. The van der Waals surface area contributed by atoms with E-state index in [1.807, 2.05) is 0 Å². The lowest BCUT2D eigenvalue weighted by Gasteiger charge is -2.22. The highest BCUT2D eigenvalue weighted by atomic mass is 19.1. The third-order valence-electron chi connectivity index (χ3n) is 4.36. The van der Waals surface area contributed by atoms with Gasteiger partial charge in [0.05, 0.1) is 7.11 Å². The minimum Gasteiger partial charge on any atom is -0.494 e. The van der Waals surface area contributed by atoms with Gasteiger partial charge < -0.3 is 14.8 Å². The molecule has 1 aliphatic heterocycles. The zero-order valence-electron chi connectivity index (χ0n) is 14.4. The molecule has 1 saturated heterocycles. The van der Waals surface area contributed by atoms with Gasteiger partial charge >= 0.3 is 12.0 Å². The Kier molecular flexibility index (Phi) is 5.61. The van der Waals surface area contributed by atoms with E-state index in [0.717, 1.165) is 4.90 Å². The first-order valence-electron chi connectivity index (χ1n) is 7.99. The average Bonchev–Trinajstić information content (AvgIpc) is 2.84. The van der Waals surface area contributed by atoms with Crippen molar-refractivity contribution in [3.8, 4) is 5.75 Å². The molecule has 136 valence electrons. The van der Waals surface area contributed by atoms with Crippen LogP contribution >= 0.6 is 0 Å². The van der Waals surface area contributed by atoms with Crippen molar-refractivity contribution in [1.29, 1.82) is 0 Å². The molecule has 0 saturated carbocycles. The largest absolute Gasteiger partial charge is 0.494 e. The first kappa shape index (κ1) is 18.7.